The fourth-order valence-electron chi connectivity index (χ4n) is 3.53. The van der Waals surface area contributed by atoms with Crippen LogP contribution in [0.1, 0.15) is 89.5 Å². The smallest absolute Gasteiger partial charge is 0.206 e. The third-order valence-corrected chi connectivity index (χ3v) is 7.58. The monoisotopic (exact) mass is 453 g/mol. The van der Waals surface area contributed by atoms with E-state index in [4.69, 9.17) is 5.73 Å². The maximum atomic E-state index is 12.5. The van der Waals surface area contributed by atoms with Gasteiger partial charge in [-0.05, 0) is 31.9 Å². The molecule has 0 saturated heterocycles. The minimum atomic E-state index is -4.02. The summed E-state index contributed by atoms with van der Waals surface area (Å²) in [5, 5.41) is 20.4. The van der Waals surface area contributed by atoms with Crippen LogP contribution in [0.3, 0.4) is 0 Å². The number of allylic oxidation sites excluding steroid dienone is 1. The first-order chi connectivity index (χ1) is 14.8. The predicted molar refractivity (Wildman–Crippen MR) is 129 cm³/mol. The molecular formula is C25H43NO4S. The summed E-state index contributed by atoms with van der Waals surface area (Å²) in [5.41, 5.74) is 4.89. The van der Waals surface area contributed by atoms with E-state index in [2.05, 4.69) is 6.92 Å². The Balaban J connectivity index is 2.24. The van der Waals surface area contributed by atoms with Crippen molar-refractivity contribution in [3.8, 4) is 0 Å². The van der Waals surface area contributed by atoms with Crippen LogP contribution in [0.25, 0.3) is 0 Å². The molecule has 31 heavy (non-hydrogen) atoms. The van der Waals surface area contributed by atoms with Gasteiger partial charge in [0.2, 0.25) is 9.84 Å². The minimum absolute atomic E-state index is 0.00168. The van der Waals surface area contributed by atoms with Crippen molar-refractivity contribution < 1.29 is 18.6 Å². The van der Waals surface area contributed by atoms with Gasteiger partial charge in [-0.15, -0.1) is 0 Å². The van der Waals surface area contributed by atoms with E-state index >= 15 is 0 Å². The Bertz CT molecular complexity index is 716. The summed E-state index contributed by atoms with van der Waals surface area (Å²) in [6.07, 6.45) is 17.0. The maximum absolute atomic E-state index is 12.5. The van der Waals surface area contributed by atoms with Crippen molar-refractivity contribution >= 4 is 9.84 Å². The first-order valence-electron chi connectivity index (χ1n) is 11.9. The first kappa shape index (κ1) is 27.8. The number of rotatable bonds is 17. The molecule has 0 radical (unpaired) electrons. The van der Waals surface area contributed by atoms with E-state index in [1.807, 2.05) is 13.0 Å². The standard InChI is InChI=1S/C25H43NO4S/c1-3-4-5-6-7-8-9-10-11-12-13-14-15-16-23(27)24(26)25(28)31(29,30)22-19-17-21(2)18-20-22/h15-20,23-25,27-28H,3-14,26H2,1-2H3/b16-15+/t23-,24-,25?/m1/s1. The number of aliphatic hydroxyl groups excluding tert-OH is 2. The normalized spacial score (nSPS) is 15.3. The van der Waals surface area contributed by atoms with Crippen molar-refractivity contribution in [1.82, 2.24) is 0 Å². The highest BCUT2D eigenvalue weighted by Crippen LogP contribution is 2.19. The van der Waals surface area contributed by atoms with Crippen molar-refractivity contribution in [2.45, 2.75) is 113 Å². The Morgan fingerprint density at radius 1 is 0.871 bits per heavy atom. The van der Waals surface area contributed by atoms with Crippen LogP contribution >= 0.6 is 0 Å². The fraction of sp³-hybridized carbons (Fsp3) is 0.680. The Morgan fingerprint density at radius 3 is 1.87 bits per heavy atom. The number of hydrogen-bond acceptors (Lipinski definition) is 5. The van der Waals surface area contributed by atoms with Gasteiger partial charge in [0.15, 0.2) is 5.44 Å². The highest BCUT2D eigenvalue weighted by atomic mass is 32.2. The largest absolute Gasteiger partial charge is 0.387 e. The van der Waals surface area contributed by atoms with E-state index in [0.717, 1.165) is 24.8 Å². The number of sulfone groups is 1. The van der Waals surface area contributed by atoms with E-state index in [-0.39, 0.29) is 4.90 Å². The molecular weight excluding hydrogens is 410 g/mol. The second-order valence-corrected chi connectivity index (χ2v) is 10.6. The average molecular weight is 454 g/mol. The molecule has 4 N–H and O–H groups in total. The molecule has 5 nitrogen and oxygen atoms in total. The summed E-state index contributed by atoms with van der Waals surface area (Å²) < 4.78 is 25.0. The van der Waals surface area contributed by atoms with Crippen molar-refractivity contribution in [3.05, 3.63) is 42.0 Å². The van der Waals surface area contributed by atoms with Gasteiger partial charge < -0.3 is 15.9 Å². The zero-order valence-corrected chi connectivity index (χ0v) is 20.2. The van der Waals surface area contributed by atoms with Gasteiger partial charge in [0.1, 0.15) is 0 Å². The predicted octanol–water partition coefficient (Wildman–Crippen LogP) is 5.03. The van der Waals surface area contributed by atoms with Crippen LogP contribution < -0.4 is 5.73 Å². The zero-order chi connectivity index (χ0) is 23.1. The van der Waals surface area contributed by atoms with E-state index in [1.54, 1.807) is 12.1 Å². The van der Waals surface area contributed by atoms with Crippen LogP contribution in [0.5, 0.6) is 0 Å². The SMILES string of the molecule is CCCCCCCCCCCCC/C=C/[C@@H](O)[C@@H](N)C(O)S(=O)(=O)c1ccc(C)cc1. The molecule has 6 heteroatoms. The van der Waals surface area contributed by atoms with E-state index in [0.29, 0.717) is 0 Å². The van der Waals surface area contributed by atoms with Crippen LogP contribution in [-0.2, 0) is 9.84 Å². The van der Waals surface area contributed by atoms with Crippen LogP contribution in [0.2, 0.25) is 0 Å². The van der Waals surface area contributed by atoms with E-state index in [9.17, 15) is 18.6 Å². The Labute approximate surface area is 189 Å². The van der Waals surface area contributed by atoms with Crippen LogP contribution in [0.15, 0.2) is 41.3 Å². The van der Waals surface area contributed by atoms with Crippen molar-refractivity contribution in [3.63, 3.8) is 0 Å². The molecule has 0 spiro atoms. The molecule has 3 atom stereocenters. The van der Waals surface area contributed by atoms with E-state index in [1.165, 1.54) is 76.0 Å². The summed E-state index contributed by atoms with van der Waals surface area (Å²) >= 11 is 0. The number of benzene rings is 1. The zero-order valence-electron chi connectivity index (χ0n) is 19.4. The van der Waals surface area contributed by atoms with Crippen LogP contribution in [-0.4, -0.2) is 36.2 Å². The molecule has 0 saturated carbocycles. The van der Waals surface area contributed by atoms with Gasteiger partial charge in [0, 0.05) is 0 Å². The minimum Gasteiger partial charge on any atom is -0.387 e. The lowest BCUT2D eigenvalue weighted by Gasteiger charge is -2.22. The molecule has 0 fully saturated rings. The average Bonchev–Trinajstić information content (AvgIpc) is 2.76. The van der Waals surface area contributed by atoms with Gasteiger partial charge in [-0.1, -0.05) is 101 Å². The van der Waals surface area contributed by atoms with Gasteiger partial charge in [0.05, 0.1) is 17.0 Å². The molecule has 1 aromatic carbocycles. The Kier molecular flexibility index (Phi) is 14.0. The third-order valence-electron chi connectivity index (χ3n) is 5.70. The molecule has 0 heterocycles. The second kappa shape index (κ2) is 15.6. The topological polar surface area (TPSA) is 101 Å². The number of nitrogens with two attached hydrogens (primary N) is 1. The summed E-state index contributed by atoms with van der Waals surface area (Å²) in [5.74, 6) is 0. The van der Waals surface area contributed by atoms with Gasteiger partial charge in [0.25, 0.3) is 0 Å². The molecule has 0 aliphatic carbocycles. The summed E-state index contributed by atoms with van der Waals surface area (Å²) in [6, 6.07) is 4.90. The molecule has 1 aromatic rings. The molecule has 1 unspecified atom stereocenters. The number of aliphatic hydroxyl groups is 2. The summed E-state index contributed by atoms with van der Waals surface area (Å²) in [6.45, 7) is 4.09. The van der Waals surface area contributed by atoms with Gasteiger partial charge in [-0.3, -0.25) is 0 Å². The molecule has 0 aliphatic heterocycles. The van der Waals surface area contributed by atoms with Gasteiger partial charge >= 0.3 is 0 Å². The fourth-order valence-corrected chi connectivity index (χ4v) is 4.90. The lowest BCUT2D eigenvalue weighted by Crippen LogP contribution is -2.47. The molecule has 1 rings (SSSR count). The third kappa shape index (κ3) is 10.8. The van der Waals surface area contributed by atoms with Gasteiger partial charge in [-0.2, -0.15) is 0 Å². The molecule has 0 amide bonds. The Morgan fingerprint density at radius 2 is 1.35 bits per heavy atom. The second-order valence-electron chi connectivity index (χ2n) is 8.57. The van der Waals surface area contributed by atoms with Crippen LogP contribution in [0, 0.1) is 6.92 Å². The molecule has 0 aromatic heterocycles. The van der Waals surface area contributed by atoms with Crippen molar-refractivity contribution in [2.75, 3.05) is 0 Å². The molecule has 0 aliphatic rings. The van der Waals surface area contributed by atoms with Gasteiger partial charge in [-0.25, -0.2) is 8.42 Å². The number of aryl methyl sites for hydroxylation is 1. The van der Waals surface area contributed by atoms with Crippen molar-refractivity contribution in [1.29, 1.82) is 0 Å². The van der Waals surface area contributed by atoms with E-state index < -0.39 is 27.4 Å². The summed E-state index contributed by atoms with van der Waals surface area (Å²) in [4.78, 5) is -0.00168. The maximum Gasteiger partial charge on any atom is 0.206 e. The Hall–Kier alpha value is -1.21. The first-order valence-corrected chi connectivity index (χ1v) is 13.4. The number of hydrogen-bond donors (Lipinski definition) is 3. The van der Waals surface area contributed by atoms with Crippen LogP contribution in [0.4, 0.5) is 0 Å². The lowest BCUT2D eigenvalue weighted by molar-refractivity contribution is 0.122. The van der Waals surface area contributed by atoms with Crippen molar-refractivity contribution in [2.24, 2.45) is 5.73 Å². The highest BCUT2D eigenvalue weighted by molar-refractivity contribution is 7.92. The quantitative estimate of drug-likeness (QED) is 0.227. The number of unbranched alkanes of at least 4 members (excludes halogenated alkanes) is 11. The molecule has 0 bridgehead atoms. The summed E-state index contributed by atoms with van der Waals surface area (Å²) in [7, 11) is -4.02. The molecule has 178 valence electrons. The lowest BCUT2D eigenvalue weighted by atomic mass is 10.0. The highest BCUT2D eigenvalue weighted by Gasteiger charge is 2.33.